The van der Waals surface area contributed by atoms with Crippen molar-refractivity contribution < 1.29 is 23.5 Å². The van der Waals surface area contributed by atoms with Gasteiger partial charge in [-0.1, -0.05) is 0 Å². The molecule has 2 N–H and O–H groups in total. The Balaban J connectivity index is 2.06. The first-order valence-electron chi connectivity index (χ1n) is 5.93. The van der Waals surface area contributed by atoms with Gasteiger partial charge in [0, 0.05) is 19.9 Å². The van der Waals surface area contributed by atoms with Crippen LogP contribution >= 0.6 is 0 Å². The van der Waals surface area contributed by atoms with Gasteiger partial charge in [-0.25, -0.2) is 18.6 Å². The second kappa shape index (κ2) is 3.65. The summed E-state index contributed by atoms with van der Waals surface area (Å²) in [6.07, 6.45) is -2.47. The topological polar surface area (TPSA) is 82.5 Å². The van der Waals surface area contributed by atoms with Gasteiger partial charge in [0.25, 0.3) is 5.92 Å². The molecule has 1 aliphatic carbocycles. The number of carboxylic acid groups (broad SMARTS) is 1. The number of nitrogens with zero attached hydrogens (tertiary/aromatic N) is 2. The van der Waals surface area contributed by atoms with E-state index in [0.717, 1.165) is 0 Å². The highest BCUT2D eigenvalue weighted by molar-refractivity contribution is 6.08. The Morgan fingerprint density at radius 1 is 1.45 bits per heavy atom. The number of pyridine rings is 1. The highest BCUT2D eigenvalue weighted by atomic mass is 19.3. The molecule has 0 saturated heterocycles. The first-order valence-corrected chi connectivity index (χ1v) is 5.93. The Morgan fingerprint density at radius 2 is 2.10 bits per heavy atom. The van der Waals surface area contributed by atoms with E-state index in [1.807, 2.05) is 0 Å². The van der Waals surface area contributed by atoms with Crippen LogP contribution in [0.1, 0.15) is 18.5 Å². The van der Waals surface area contributed by atoms with Crippen molar-refractivity contribution in [1.82, 2.24) is 4.98 Å². The Morgan fingerprint density at radius 3 is 2.65 bits per heavy atom. The minimum atomic E-state index is -2.88. The molecular weight excluding hydrogens is 272 g/mol. The van der Waals surface area contributed by atoms with Crippen LogP contribution < -0.4 is 10.2 Å². The number of likely N-dealkylation sites (N-methyl/N-ethyl adjacent to an activating group) is 1. The van der Waals surface area contributed by atoms with Crippen molar-refractivity contribution in [2.45, 2.75) is 24.2 Å². The molecule has 6 nitrogen and oxygen atoms in total. The number of nitrogens with one attached hydrogen (secondary N) is 1. The zero-order valence-electron chi connectivity index (χ0n) is 10.5. The summed E-state index contributed by atoms with van der Waals surface area (Å²) < 4.78 is 26.5. The fourth-order valence-electron chi connectivity index (χ4n) is 2.94. The summed E-state index contributed by atoms with van der Waals surface area (Å²) in [5.41, 5.74) is -0.646. The van der Waals surface area contributed by atoms with Crippen molar-refractivity contribution in [2.75, 3.05) is 17.3 Å². The SMILES string of the molecule is CN1C(=O)C2(CC(F)(F)C2)c2nc(NC(=O)O)ccc21. The van der Waals surface area contributed by atoms with Crippen LogP contribution in [0.3, 0.4) is 0 Å². The van der Waals surface area contributed by atoms with Crippen LogP contribution in [0, 0.1) is 0 Å². The molecule has 8 heteroatoms. The maximum Gasteiger partial charge on any atom is 0.410 e. The molecule has 2 heterocycles. The summed E-state index contributed by atoms with van der Waals surface area (Å²) in [5.74, 6) is -3.27. The van der Waals surface area contributed by atoms with Gasteiger partial charge in [0.2, 0.25) is 5.91 Å². The summed E-state index contributed by atoms with van der Waals surface area (Å²) in [4.78, 5) is 28.1. The fourth-order valence-corrected chi connectivity index (χ4v) is 2.94. The Hall–Kier alpha value is -2.25. The second-order valence-corrected chi connectivity index (χ2v) is 5.15. The molecule has 1 saturated carbocycles. The van der Waals surface area contributed by atoms with Crippen LogP contribution in [-0.2, 0) is 10.2 Å². The molecule has 1 aromatic heterocycles. The molecule has 0 bridgehead atoms. The number of hydrogen-bond acceptors (Lipinski definition) is 3. The molecule has 106 valence electrons. The van der Waals surface area contributed by atoms with Crippen LogP contribution in [0.25, 0.3) is 0 Å². The van der Waals surface area contributed by atoms with Crippen molar-refractivity contribution in [3.63, 3.8) is 0 Å². The molecule has 0 aromatic carbocycles. The molecule has 2 amide bonds. The van der Waals surface area contributed by atoms with E-state index in [1.165, 1.54) is 24.1 Å². The number of alkyl halides is 2. The van der Waals surface area contributed by atoms with E-state index >= 15 is 0 Å². The van der Waals surface area contributed by atoms with E-state index in [1.54, 1.807) is 0 Å². The lowest BCUT2D eigenvalue weighted by atomic mass is 9.64. The summed E-state index contributed by atoms with van der Waals surface area (Å²) in [5, 5.41) is 10.7. The molecule has 3 rings (SSSR count). The molecule has 20 heavy (non-hydrogen) atoms. The molecule has 1 aliphatic heterocycles. The van der Waals surface area contributed by atoms with Crippen molar-refractivity contribution >= 4 is 23.5 Å². The van der Waals surface area contributed by atoms with Gasteiger partial charge >= 0.3 is 6.09 Å². The van der Waals surface area contributed by atoms with E-state index in [0.29, 0.717) is 5.69 Å². The number of carbonyl (C=O) groups excluding carboxylic acids is 1. The lowest BCUT2D eigenvalue weighted by molar-refractivity contribution is -0.154. The summed E-state index contributed by atoms with van der Waals surface area (Å²) in [6, 6.07) is 2.91. The standard InChI is InChI=1S/C12H11F2N3O3/c1-17-6-2-3-7(16-10(19)20)15-8(6)11(9(17)18)4-12(13,14)5-11/h2-3H,4-5H2,1H3,(H,15,16)(H,19,20). The van der Waals surface area contributed by atoms with Gasteiger partial charge < -0.3 is 10.0 Å². The number of aromatic nitrogens is 1. The zero-order valence-corrected chi connectivity index (χ0v) is 10.5. The van der Waals surface area contributed by atoms with Crippen LogP contribution in [0.15, 0.2) is 12.1 Å². The average Bonchev–Trinajstić information content (AvgIpc) is 2.50. The van der Waals surface area contributed by atoms with Gasteiger partial charge in [-0.15, -0.1) is 0 Å². The summed E-state index contributed by atoms with van der Waals surface area (Å²) in [6.45, 7) is 0. The monoisotopic (exact) mass is 283 g/mol. The third-order valence-electron chi connectivity index (χ3n) is 3.76. The molecule has 0 atom stereocenters. The fraction of sp³-hybridized carbons (Fsp3) is 0.417. The van der Waals surface area contributed by atoms with Gasteiger partial charge in [0.05, 0.1) is 11.4 Å². The van der Waals surface area contributed by atoms with E-state index in [-0.39, 0.29) is 11.5 Å². The van der Waals surface area contributed by atoms with Crippen LogP contribution in [-0.4, -0.2) is 35.1 Å². The first-order chi connectivity index (χ1) is 9.25. The van der Waals surface area contributed by atoms with Gasteiger partial charge in [-0.2, -0.15) is 0 Å². The maximum atomic E-state index is 13.2. The normalized spacial score (nSPS) is 21.6. The highest BCUT2D eigenvalue weighted by Gasteiger charge is 2.66. The zero-order chi connectivity index (χ0) is 14.7. The minimum Gasteiger partial charge on any atom is -0.465 e. The summed E-state index contributed by atoms with van der Waals surface area (Å²) in [7, 11) is 1.50. The molecule has 1 aromatic rings. The lowest BCUT2D eigenvalue weighted by Crippen LogP contribution is -2.55. The molecule has 0 unspecified atom stereocenters. The van der Waals surface area contributed by atoms with Crippen LogP contribution in [0.5, 0.6) is 0 Å². The number of carbonyl (C=O) groups is 2. The Kier molecular flexibility index (Phi) is 2.33. The minimum absolute atomic E-state index is 0.0222. The van der Waals surface area contributed by atoms with E-state index in [4.69, 9.17) is 5.11 Å². The third-order valence-corrected chi connectivity index (χ3v) is 3.76. The molecule has 2 aliphatic rings. The second-order valence-electron chi connectivity index (χ2n) is 5.15. The summed E-state index contributed by atoms with van der Waals surface area (Å²) >= 11 is 0. The number of hydrogen-bond donors (Lipinski definition) is 2. The predicted molar refractivity (Wildman–Crippen MR) is 65.2 cm³/mol. The Bertz CT molecular complexity index is 624. The number of anilines is 2. The average molecular weight is 283 g/mol. The van der Waals surface area contributed by atoms with E-state index in [9.17, 15) is 18.4 Å². The van der Waals surface area contributed by atoms with E-state index in [2.05, 4.69) is 10.3 Å². The number of fused-ring (bicyclic) bond motifs is 2. The van der Waals surface area contributed by atoms with Crippen LogP contribution in [0.4, 0.5) is 25.1 Å². The predicted octanol–water partition coefficient (Wildman–Crippen LogP) is 1.81. The van der Waals surface area contributed by atoms with Gasteiger partial charge in [-0.05, 0) is 12.1 Å². The molecule has 1 fully saturated rings. The van der Waals surface area contributed by atoms with Crippen molar-refractivity contribution in [3.8, 4) is 0 Å². The Labute approximate surface area is 112 Å². The number of halogens is 2. The third kappa shape index (κ3) is 1.57. The van der Waals surface area contributed by atoms with E-state index < -0.39 is 36.2 Å². The van der Waals surface area contributed by atoms with Gasteiger partial charge in [0.15, 0.2) is 0 Å². The van der Waals surface area contributed by atoms with Crippen molar-refractivity contribution in [2.24, 2.45) is 0 Å². The smallest absolute Gasteiger partial charge is 0.410 e. The number of rotatable bonds is 1. The number of amides is 2. The molecule has 1 spiro atoms. The maximum absolute atomic E-state index is 13.2. The first kappa shape index (κ1) is 12.8. The van der Waals surface area contributed by atoms with Crippen molar-refractivity contribution in [1.29, 1.82) is 0 Å². The quantitative estimate of drug-likeness (QED) is 0.823. The lowest BCUT2D eigenvalue weighted by Gasteiger charge is -2.42. The van der Waals surface area contributed by atoms with Crippen molar-refractivity contribution in [3.05, 3.63) is 17.8 Å². The van der Waals surface area contributed by atoms with Gasteiger partial charge in [0.1, 0.15) is 11.2 Å². The molecular formula is C12H11F2N3O3. The van der Waals surface area contributed by atoms with Crippen LogP contribution in [0.2, 0.25) is 0 Å². The van der Waals surface area contributed by atoms with Gasteiger partial charge in [-0.3, -0.25) is 10.1 Å². The molecule has 0 radical (unpaired) electrons. The highest BCUT2D eigenvalue weighted by Crippen LogP contribution is 2.58. The largest absolute Gasteiger partial charge is 0.465 e.